The number of aliphatic hydroxyl groups excluding tert-OH is 1. The molecule has 0 saturated carbocycles. The van der Waals surface area contributed by atoms with Crippen LogP contribution in [0.15, 0.2) is 47.6 Å². The van der Waals surface area contributed by atoms with Gasteiger partial charge in [0.1, 0.15) is 11.9 Å². The molecule has 100 valence electrons. The number of hydrogen-bond donors (Lipinski definition) is 1. The summed E-state index contributed by atoms with van der Waals surface area (Å²) in [7, 11) is -3.28. The van der Waals surface area contributed by atoms with Gasteiger partial charge in [0.15, 0.2) is 9.84 Å². The van der Waals surface area contributed by atoms with Crippen molar-refractivity contribution < 1.29 is 17.9 Å². The molecule has 0 spiro atoms. The molecule has 1 aromatic heterocycles. The molecule has 1 atom stereocenters. The van der Waals surface area contributed by atoms with Crippen LogP contribution in [0.3, 0.4) is 0 Å². The molecule has 0 aliphatic heterocycles. The number of benzene rings is 1. The lowest BCUT2D eigenvalue weighted by atomic mass is 10.0. The monoisotopic (exact) mass is 281 g/mol. The van der Waals surface area contributed by atoms with Gasteiger partial charge in [-0.25, -0.2) is 12.8 Å². The van der Waals surface area contributed by atoms with Crippen molar-refractivity contribution in [2.75, 3.05) is 6.26 Å². The molecule has 1 aromatic carbocycles. The third-order valence-electron chi connectivity index (χ3n) is 2.72. The van der Waals surface area contributed by atoms with Gasteiger partial charge in [0.2, 0.25) is 0 Å². The fourth-order valence-electron chi connectivity index (χ4n) is 1.68. The van der Waals surface area contributed by atoms with Gasteiger partial charge in [0.25, 0.3) is 0 Å². The van der Waals surface area contributed by atoms with E-state index in [0.717, 1.165) is 12.5 Å². The van der Waals surface area contributed by atoms with Crippen LogP contribution in [-0.4, -0.2) is 24.8 Å². The molecule has 0 saturated heterocycles. The molecule has 0 bridgehead atoms. The fourth-order valence-corrected chi connectivity index (χ4v) is 2.32. The average Bonchev–Trinajstić information content (AvgIpc) is 2.38. The van der Waals surface area contributed by atoms with Crippen LogP contribution in [0.25, 0.3) is 0 Å². The third kappa shape index (κ3) is 2.97. The number of aromatic nitrogens is 1. The van der Waals surface area contributed by atoms with E-state index in [2.05, 4.69) is 4.98 Å². The molecule has 1 unspecified atom stereocenters. The Labute approximate surface area is 110 Å². The van der Waals surface area contributed by atoms with Crippen molar-refractivity contribution in [3.8, 4) is 0 Å². The molecule has 0 aliphatic rings. The zero-order valence-electron chi connectivity index (χ0n) is 10.1. The van der Waals surface area contributed by atoms with E-state index in [-0.39, 0.29) is 10.5 Å². The van der Waals surface area contributed by atoms with Gasteiger partial charge in [-0.15, -0.1) is 0 Å². The summed E-state index contributed by atoms with van der Waals surface area (Å²) in [6.45, 7) is 0. The molecular weight excluding hydrogens is 269 g/mol. The van der Waals surface area contributed by atoms with Gasteiger partial charge in [0.05, 0.1) is 11.1 Å². The Morgan fingerprint density at radius 3 is 2.37 bits per heavy atom. The summed E-state index contributed by atoms with van der Waals surface area (Å²) in [6, 6.07) is 7.06. The standard InChI is InChI=1S/C13H12FNO3S/c1-19(17,18)10-4-2-9(3-5-10)13(16)11-6-7-15-8-12(11)14/h2-8,13,16H,1H3. The van der Waals surface area contributed by atoms with Crippen molar-refractivity contribution >= 4 is 9.84 Å². The molecule has 0 fully saturated rings. The van der Waals surface area contributed by atoms with E-state index in [9.17, 15) is 17.9 Å². The smallest absolute Gasteiger partial charge is 0.175 e. The van der Waals surface area contributed by atoms with Crippen LogP contribution < -0.4 is 0 Å². The lowest BCUT2D eigenvalue weighted by Crippen LogP contribution is -2.04. The summed E-state index contributed by atoms with van der Waals surface area (Å²) in [5, 5.41) is 10.0. The molecule has 1 heterocycles. The SMILES string of the molecule is CS(=O)(=O)c1ccc(C(O)c2ccncc2F)cc1. The zero-order valence-corrected chi connectivity index (χ0v) is 10.9. The maximum atomic E-state index is 13.5. The highest BCUT2D eigenvalue weighted by Crippen LogP contribution is 2.24. The molecule has 6 heteroatoms. The predicted molar refractivity (Wildman–Crippen MR) is 67.8 cm³/mol. The van der Waals surface area contributed by atoms with Crippen molar-refractivity contribution in [2.24, 2.45) is 0 Å². The molecule has 1 N–H and O–H groups in total. The third-order valence-corrected chi connectivity index (χ3v) is 3.85. The van der Waals surface area contributed by atoms with E-state index < -0.39 is 21.8 Å². The first-order chi connectivity index (χ1) is 8.89. The molecular formula is C13H12FNO3S. The van der Waals surface area contributed by atoms with Gasteiger partial charge >= 0.3 is 0 Å². The Hall–Kier alpha value is -1.79. The second-order valence-corrected chi connectivity index (χ2v) is 6.16. The van der Waals surface area contributed by atoms with E-state index in [1.54, 1.807) is 0 Å². The maximum absolute atomic E-state index is 13.5. The minimum absolute atomic E-state index is 0.0992. The second kappa shape index (κ2) is 5.07. The fraction of sp³-hybridized carbons (Fsp3) is 0.154. The Kier molecular flexibility index (Phi) is 3.64. The first kappa shape index (κ1) is 13.6. The van der Waals surface area contributed by atoms with Gasteiger partial charge in [-0.1, -0.05) is 12.1 Å². The lowest BCUT2D eigenvalue weighted by Gasteiger charge is -2.12. The summed E-state index contributed by atoms with van der Waals surface area (Å²) in [5.74, 6) is -0.609. The highest BCUT2D eigenvalue weighted by molar-refractivity contribution is 7.90. The predicted octanol–water partition coefficient (Wildman–Crippen LogP) is 1.71. The van der Waals surface area contributed by atoms with Crippen molar-refractivity contribution in [2.45, 2.75) is 11.0 Å². The number of halogens is 1. The molecule has 4 nitrogen and oxygen atoms in total. The molecule has 2 aromatic rings. The van der Waals surface area contributed by atoms with Gasteiger partial charge in [-0.2, -0.15) is 0 Å². The molecule has 2 rings (SSSR count). The summed E-state index contributed by atoms with van der Waals surface area (Å²) in [6.07, 6.45) is 2.34. The van der Waals surface area contributed by atoms with Gasteiger partial charge < -0.3 is 5.11 Å². The Morgan fingerprint density at radius 1 is 1.21 bits per heavy atom. The van der Waals surface area contributed by atoms with Crippen LogP contribution >= 0.6 is 0 Å². The van der Waals surface area contributed by atoms with E-state index in [1.807, 2.05) is 0 Å². The van der Waals surface area contributed by atoms with Gasteiger partial charge in [0, 0.05) is 18.0 Å². The van der Waals surface area contributed by atoms with Crippen LogP contribution in [0.4, 0.5) is 4.39 Å². The molecule has 0 radical (unpaired) electrons. The number of rotatable bonds is 3. The van der Waals surface area contributed by atoms with Crippen LogP contribution in [-0.2, 0) is 9.84 Å². The highest BCUT2D eigenvalue weighted by Gasteiger charge is 2.15. The van der Waals surface area contributed by atoms with Crippen molar-refractivity contribution in [3.05, 3.63) is 59.7 Å². The van der Waals surface area contributed by atoms with Crippen LogP contribution in [0.5, 0.6) is 0 Å². The number of aliphatic hydroxyl groups is 1. The topological polar surface area (TPSA) is 67.3 Å². The minimum atomic E-state index is -3.28. The van der Waals surface area contributed by atoms with E-state index in [1.165, 1.54) is 36.5 Å². The lowest BCUT2D eigenvalue weighted by molar-refractivity contribution is 0.214. The normalized spacial score (nSPS) is 13.2. The van der Waals surface area contributed by atoms with E-state index in [4.69, 9.17) is 0 Å². The molecule has 19 heavy (non-hydrogen) atoms. The van der Waals surface area contributed by atoms with Crippen molar-refractivity contribution in [1.82, 2.24) is 4.98 Å². The highest BCUT2D eigenvalue weighted by atomic mass is 32.2. The minimum Gasteiger partial charge on any atom is -0.384 e. The van der Waals surface area contributed by atoms with Crippen LogP contribution in [0.2, 0.25) is 0 Å². The summed E-state index contributed by atoms with van der Waals surface area (Å²) < 4.78 is 36.1. The molecule has 0 aliphatic carbocycles. The zero-order chi connectivity index (χ0) is 14.0. The van der Waals surface area contributed by atoms with Crippen molar-refractivity contribution in [3.63, 3.8) is 0 Å². The first-order valence-electron chi connectivity index (χ1n) is 5.47. The van der Waals surface area contributed by atoms with E-state index >= 15 is 0 Å². The summed E-state index contributed by atoms with van der Waals surface area (Å²) in [5.41, 5.74) is 0.514. The summed E-state index contributed by atoms with van der Waals surface area (Å²) in [4.78, 5) is 3.75. The van der Waals surface area contributed by atoms with Gasteiger partial charge in [-0.3, -0.25) is 4.98 Å². The Balaban J connectivity index is 2.36. The Morgan fingerprint density at radius 2 is 1.84 bits per heavy atom. The maximum Gasteiger partial charge on any atom is 0.175 e. The van der Waals surface area contributed by atoms with Crippen LogP contribution in [0, 0.1) is 5.82 Å². The van der Waals surface area contributed by atoms with Crippen molar-refractivity contribution in [1.29, 1.82) is 0 Å². The van der Waals surface area contributed by atoms with Crippen LogP contribution in [0.1, 0.15) is 17.2 Å². The first-order valence-corrected chi connectivity index (χ1v) is 7.36. The van der Waals surface area contributed by atoms with Gasteiger partial charge in [-0.05, 0) is 23.8 Å². The number of sulfone groups is 1. The number of pyridine rings is 1. The molecule has 0 amide bonds. The number of nitrogens with zero attached hydrogens (tertiary/aromatic N) is 1. The quantitative estimate of drug-likeness (QED) is 0.930. The second-order valence-electron chi connectivity index (χ2n) is 4.14. The van der Waals surface area contributed by atoms with E-state index in [0.29, 0.717) is 5.56 Å². The Bertz CT molecular complexity index is 683. The number of hydrogen-bond acceptors (Lipinski definition) is 4. The average molecular weight is 281 g/mol. The largest absolute Gasteiger partial charge is 0.384 e. The summed E-state index contributed by atoms with van der Waals surface area (Å²) >= 11 is 0.